The molecule has 1 aromatic heterocycles. The van der Waals surface area contributed by atoms with E-state index in [9.17, 15) is 0 Å². The monoisotopic (exact) mass is 450 g/mol. The summed E-state index contributed by atoms with van der Waals surface area (Å²) in [6.45, 7) is 9.78. The quantitative estimate of drug-likeness (QED) is 0.416. The van der Waals surface area contributed by atoms with Gasteiger partial charge >= 0.3 is 0 Å². The number of thiazole rings is 1. The predicted octanol–water partition coefficient (Wildman–Crippen LogP) is 3.91. The van der Waals surface area contributed by atoms with Crippen molar-refractivity contribution in [3.05, 3.63) is 15.6 Å². The molecule has 0 saturated heterocycles. The fourth-order valence-electron chi connectivity index (χ4n) is 3.55. The molecule has 0 bridgehead atoms. The maximum Gasteiger partial charge on any atom is 0.191 e. The third-order valence-electron chi connectivity index (χ3n) is 4.39. The molecule has 6 heteroatoms. The first kappa shape index (κ1) is 20.7. The fraction of sp³-hybridized carbons (Fsp3) is 0.765. The Bertz CT molecular complexity index is 505. The van der Waals surface area contributed by atoms with E-state index >= 15 is 0 Å². The van der Waals surface area contributed by atoms with Crippen LogP contribution in [0.5, 0.6) is 0 Å². The summed E-state index contributed by atoms with van der Waals surface area (Å²) in [6.07, 6.45) is 4.86. The number of nitrogens with zero attached hydrogens (tertiary/aromatic N) is 2. The number of halogens is 1. The van der Waals surface area contributed by atoms with Gasteiger partial charge in [0.15, 0.2) is 5.96 Å². The molecule has 132 valence electrons. The molecule has 0 spiro atoms. The van der Waals surface area contributed by atoms with Gasteiger partial charge in [0.1, 0.15) is 0 Å². The van der Waals surface area contributed by atoms with Gasteiger partial charge in [-0.15, -0.1) is 35.3 Å². The van der Waals surface area contributed by atoms with Crippen LogP contribution < -0.4 is 10.6 Å². The molecular weight excluding hydrogens is 419 g/mol. The normalized spacial score (nSPS) is 24.9. The van der Waals surface area contributed by atoms with E-state index in [1.54, 1.807) is 11.3 Å². The molecule has 0 aliphatic heterocycles. The Morgan fingerprint density at radius 1 is 1.22 bits per heavy atom. The van der Waals surface area contributed by atoms with Gasteiger partial charge in [-0.2, -0.15) is 0 Å². The third-order valence-corrected chi connectivity index (χ3v) is 5.52. The molecule has 1 aromatic rings. The smallest absolute Gasteiger partial charge is 0.191 e. The Labute approximate surface area is 162 Å². The second-order valence-corrected chi connectivity index (χ2v) is 8.04. The highest BCUT2D eigenvalue weighted by Crippen LogP contribution is 2.28. The number of aromatic nitrogens is 1. The van der Waals surface area contributed by atoms with Crippen LogP contribution in [0, 0.1) is 25.7 Å². The SMILES string of the molecule is CN=C(NCCc1sc(C)nc1C)NC1CC(C)CC(C)C1.I. The highest BCUT2D eigenvalue weighted by molar-refractivity contribution is 14.0. The van der Waals surface area contributed by atoms with Gasteiger partial charge in [-0.3, -0.25) is 4.99 Å². The van der Waals surface area contributed by atoms with Crippen molar-refractivity contribution >= 4 is 41.3 Å². The number of aryl methyl sites for hydroxylation is 2. The maximum absolute atomic E-state index is 4.48. The zero-order valence-electron chi connectivity index (χ0n) is 15.0. The van der Waals surface area contributed by atoms with Gasteiger partial charge in [0.2, 0.25) is 0 Å². The number of aliphatic imine (C=N–C) groups is 1. The molecule has 2 atom stereocenters. The Morgan fingerprint density at radius 3 is 2.39 bits per heavy atom. The van der Waals surface area contributed by atoms with Gasteiger partial charge < -0.3 is 10.6 Å². The average Bonchev–Trinajstić information content (AvgIpc) is 2.74. The highest BCUT2D eigenvalue weighted by Gasteiger charge is 2.24. The van der Waals surface area contributed by atoms with Crippen LogP contribution in [0.1, 0.15) is 48.7 Å². The van der Waals surface area contributed by atoms with Crippen LogP contribution in [0.15, 0.2) is 4.99 Å². The van der Waals surface area contributed by atoms with Crippen molar-refractivity contribution in [1.82, 2.24) is 15.6 Å². The Hall–Kier alpha value is -0.370. The highest BCUT2D eigenvalue weighted by atomic mass is 127. The first-order chi connectivity index (χ1) is 10.5. The zero-order valence-corrected chi connectivity index (χ0v) is 18.1. The number of hydrogen-bond acceptors (Lipinski definition) is 3. The number of hydrogen-bond donors (Lipinski definition) is 2. The molecule has 0 radical (unpaired) electrons. The molecule has 1 aliphatic rings. The van der Waals surface area contributed by atoms with E-state index in [-0.39, 0.29) is 24.0 Å². The van der Waals surface area contributed by atoms with E-state index in [0.717, 1.165) is 35.8 Å². The lowest BCUT2D eigenvalue weighted by Crippen LogP contribution is -2.46. The van der Waals surface area contributed by atoms with Crippen LogP contribution in [0.2, 0.25) is 0 Å². The molecule has 23 heavy (non-hydrogen) atoms. The van der Waals surface area contributed by atoms with E-state index in [1.165, 1.54) is 29.8 Å². The van der Waals surface area contributed by atoms with Crippen molar-refractivity contribution < 1.29 is 0 Å². The molecule has 1 heterocycles. The molecule has 2 unspecified atom stereocenters. The summed E-state index contributed by atoms with van der Waals surface area (Å²) in [5.41, 5.74) is 1.17. The standard InChI is InChI=1S/C17H30N4S.HI/c1-11-8-12(2)10-15(9-11)21-17(18-5)19-7-6-16-13(3)20-14(4)22-16;/h11-12,15H,6-10H2,1-5H3,(H2,18,19,21);1H. The van der Waals surface area contributed by atoms with Gasteiger partial charge in [-0.05, 0) is 44.9 Å². The summed E-state index contributed by atoms with van der Waals surface area (Å²) in [7, 11) is 1.85. The maximum atomic E-state index is 4.48. The average molecular weight is 450 g/mol. The van der Waals surface area contributed by atoms with Crippen molar-refractivity contribution in [2.45, 2.75) is 59.4 Å². The molecule has 2 N–H and O–H groups in total. The molecule has 1 fully saturated rings. The van der Waals surface area contributed by atoms with Crippen LogP contribution in [0.4, 0.5) is 0 Å². The molecule has 1 aliphatic carbocycles. The summed E-state index contributed by atoms with van der Waals surface area (Å²) < 4.78 is 0. The molecule has 0 amide bonds. The molecule has 0 aromatic carbocycles. The second kappa shape index (κ2) is 9.81. The van der Waals surface area contributed by atoms with Crippen LogP contribution in [0.25, 0.3) is 0 Å². The van der Waals surface area contributed by atoms with E-state index < -0.39 is 0 Å². The van der Waals surface area contributed by atoms with Crippen molar-refractivity contribution in [3.8, 4) is 0 Å². The van der Waals surface area contributed by atoms with E-state index in [0.29, 0.717) is 6.04 Å². The molecular formula is C17H31IN4S. The van der Waals surface area contributed by atoms with Gasteiger partial charge in [0.25, 0.3) is 0 Å². The topological polar surface area (TPSA) is 49.3 Å². The summed E-state index contributed by atoms with van der Waals surface area (Å²) in [5, 5.41) is 8.20. The molecule has 4 nitrogen and oxygen atoms in total. The van der Waals surface area contributed by atoms with E-state index in [2.05, 4.69) is 48.3 Å². The van der Waals surface area contributed by atoms with Gasteiger partial charge in [-0.25, -0.2) is 4.98 Å². The lowest BCUT2D eigenvalue weighted by atomic mass is 9.80. The van der Waals surface area contributed by atoms with Gasteiger partial charge in [0.05, 0.1) is 10.7 Å². The Balaban J connectivity index is 0.00000264. The Morgan fingerprint density at radius 2 is 1.87 bits per heavy atom. The lowest BCUT2D eigenvalue weighted by Gasteiger charge is -2.32. The fourth-order valence-corrected chi connectivity index (χ4v) is 4.49. The minimum absolute atomic E-state index is 0. The van der Waals surface area contributed by atoms with Crippen LogP contribution in [-0.4, -0.2) is 30.6 Å². The summed E-state index contributed by atoms with van der Waals surface area (Å²) in [4.78, 5) is 10.2. The van der Waals surface area contributed by atoms with Crippen molar-refractivity contribution in [2.24, 2.45) is 16.8 Å². The van der Waals surface area contributed by atoms with Gasteiger partial charge in [0, 0.05) is 30.9 Å². The lowest BCUT2D eigenvalue weighted by molar-refractivity contribution is 0.255. The summed E-state index contributed by atoms with van der Waals surface area (Å²) in [5.74, 6) is 2.55. The molecule has 2 rings (SSSR count). The first-order valence-corrected chi connectivity index (χ1v) is 9.19. The van der Waals surface area contributed by atoms with Crippen LogP contribution in [0.3, 0.4) is 0 Å². The largest absolute Gasteiger partial charge is 0.356 e. The number of nitrogens with one attached hydrogen (secondary N) is 2. The Kier molecular flexibility index (Phi) is 8.82. The van der Waals surface area contributed by atoms with Crippen LogP contribution in [-0.2, 0) is 6.42 Å². The predicted molar refractivity (Wildman–Crippen MR) is 111 cm³/mol. The van der Waals surface area contributed by atoms with E-state index in [1.807, 2.05) is 7.05 Å². The summed E-state index contributed by atoms with van der Waals surface area (Å²) in [6, 6.07) is 0.553. The molecule has 1 saturated carbocycles. The first-order valence-electron chi connectivity index (χ1n) is 8.38. The van der Waals surface area contributed by atoms with Crippen molar-refractivity contribution in [2.75, 3.05) is 13.6 Å². The second-order valence-electron chi connectivity index (χ2n) is 6.75. The minimum atomic E-state index is 0. The van der Waals surface area contributed by atoms with Gasteiger partial charge in [-0.1, -0.05) is 13.8 Å². The number of guanidine groups is 1. The third kappa shape index (κ3) is 6.57. The van der Waals surface area contributed by atoms with Crippen molar-refractivity contribution in [3.63, 3.8) is 0 Å². The zero-order chi connectivity index (χ0) is 16.1. The van der Waals surface area contributed by atoms with Crippen molar-refractivity contribution in [1.29, 1.82) is 0 Å². The summed E-state index contributed by atoms with van der Waals surface area (Å²) >= 11 is 1.80. The van der Waals surface area contributed by atoms with E-state index in [4.69, 9.17) is 0 Å². The minimum Gasteiger partial charge on any atom is -0.356 e. The van der Waals surface area contributed by atoms with Crippen LogP contribution >= 0.6 is 35.3 Å². The number of rotatable bonds is 4.